The third-order valence-electron chi connectivity index (χ3n) is 3.61. The lowest BCUT2D eigenvalue weighted by Gasteiger charge is -2.42. The van der Waals surface area contributed by atoms with Crippen LogP contribution in [0, 0.1) is 0 Å². The third kappa shape index (κ3) is 1.60. The van der Waals surface area contributed by atoms with E-state index in [0.717, 1.165) is 19.8 Å². The lowest BCUT2D eigenvalue weighted by atomic mass is 9.96. The van der Waals surface area contributed by atoms with Crippen LogP contribution >= 0.6 is 0 Å². The zero-order chi connectivity index (χ0) is 9.31. The third-order valence-corrected chi connectivity index (χ3v) is 3.61. The van der Waals surface area contributed by atoms with Gasteiger partial charge >= 0.3 is 0 Å². The molecule has 3 heteroatoms. The van der Waals surface area contributed by atoms with Crippen molar-refractivity contribution in [2.24, 2.45) is 0 Å². The summed E-state index contributed by atoms with van der Waals surface area (Å²) in [7, 11) is 2.24. The standard InChI is InChI=1S/C10H20N2O/c1-3-12-5-4-10(8-12)9-13-7-6-11(10)2/h3-9H2,1-2H3. The lowest BCUT2D eigenvalue weighted by molar-refractivity contribution is -0.0500. The Morgan fingerprint density at radius 3 is 2.85 bits per heavy atom. The van der Waals surface area contributed by atoms with Gasteiger partial charge in [-0.1, -0.05) is 6.92 Å². The Labute approximate surface area is 80.6 Å². The molecule has 2 aliphatic heterocycles. The molecule has 0 amide bonds. The number of hydrogen-bond acceptors (Lipinski definition) is 3. The molecule has 0 saturated carbocycles. The minimum absolute atomic E-state index is 0.342. The molecule has 2 aliphatic rings. The van der Waals surface area contributed by atoms with Gasteiger partial charge in [-0.05, 0) is 20.0 Å². The normalized spacial score (nSPS) is 37.4. The van der Waals surface area contributed by atoms with E-state index in [1.165, 1.54) is 26.1 Å². The molecule has 13 heavy (non-hydrogen) atoms. The summed E-state index contributed by atoms with van der Waals surface area (Å²) >= 11 is 0. The van der Waals surface area contributed by atoms with Crippen LogP contribution in [0.1, 0.15) is 13.3 Å². The van der Waals surface area contributed by atoms with Gasteiger partial charge in [-0.3, -0.25) is 4.90 Å². The molecule has 1 atom stereocenters. The SMILES string of the molecule is CCN1CCC2(COCCN2C)C1. The molecule has 0 aliphatic carbocycles. The molecule has 76 valence electrons. The van der Waals surface area contributed by atoms with Gasteiger partial charge in [0.25, 0.3) is 0 Å². The first kappa shape index (κ1) is 9.44. The minimum Gasteiger partial charge on any atom is -0.378 e. The van der Waals surface area contributed by atoms with Gasteiger partial charge in [0.1, 0.15) is 0 Å². The van der Waals surface area contributed by atoms with E-state index in [4.69, 9.17) is 4.74 Å². The van der Waals surface area contributed by atoms with Gasteiger partial charge in [-0.2, -0.15) is 0 Å². The molecule has 0 radical (unpaired) electrons. The highest BCUT2D eigenvalue weighted by Crippen LogP contribution is 2.29. The minimum atomic E-state index is 0.342. The second kappa shape index (κ2) is 3.56. The molecule has 0 aromatic carbocycles. The van der Waals surface area contributed by atoms with Gasteiger partial charge in [0, 0.05) is 19.6 Å². The summed E-state index contributed by atoms with van der Waals surface area (Å²) in [5.41, 5.74) is 0.342. The molecule has 0 bridgehead atoms. The summed E-state index contributed by atoms with van der Waals surface area (Å²) in [6, 6.07) is 0. The topological polar surface area (TPSA) is 15.7 Å². The van der Waals surface area contributed by atoms with Crippen LogP contribution in [0.5, 0.6) is 0 Å². The van der Waals surface area contributed by atoms with Crippen molar-refractivity contribution in [2.45, 2.75) is 18.9 Å². The molecule has 0 aromatic rings. The van der Waals surface area contributed by atoms with E-state index >= 15 is 0 Å². The molecule has 0 N–H and O–H groups in total. The highest BCUT2D eigenvalue weighted by Gasteiger charge is 2.42. The van der Waals surface area contributed by atoms with Crippen LogP contribution in [-0.2, 0) is 4.74 Å². The second-order valence-electron chi connectivity index (χ2n) is 4.32. The molecule has 3 nitrogen and oxygen atoms in total. The van der Waals surface area contributed by atoms with Crippen molar-refractivity contribution < 1.29 is 4.74 Å². The van der Waals surface area contributed by atoms with E-state index in [2.05, 4.69) is 23.8 Å². The predicted octanol–water partition coefficient (Wildman–Crippen LogP) is 0.413. The molecular weight excluding hydrogens is 164 g/mol. The van der Waals surface area contributed by atoms with Crippen LogP contribution in [0.2, 0.25) is 0 Å². The monoisotopic (exact) mass is 184 g/mol. The van der Waals surface area contributed by atoms with E-state index in [-0.39, 0.29) is 0 Å². The zero-order valence-electron chi connectivity index (χ0n) is 8.75. The zero-order valence-corrected chi connectivity index (χ0v) is 8.75. The summed E-state index contributed by atoms with van der Waals surface area (Å²) in [5.74, 6) is 0. The van der Waals surface area contributed by atoms with Gasteiger partial charge in [0.15, 0.2) is 0 Å². The average molecular weight is 184 g/mol. The van der Waals surface area contributed by atoms with Gasteiger partial charge in [0.05, 0.1) is 18.8 Å². The highest BCUT2D eigenvalue weighted by atomic mass is 16.5. The van der Waals surface area contributed by atoms with E-state index in [1.54, 1.807) is 0 Å². The molecular formula is C10H20N2O. The van der Waals surface area contributed by atoms with Crippen molar-refractivity contribution in [3.63, 3.8) is 0 Å². The lowest BCUT2D eigenvalue weighted by Crippen LogP contribution is -2.56. The van der Waals surface area contributed by atoms with E-state index in [9.17, 15) is 0 Å². The fraction of sp³-hybridized carbons (Fsp3) is 1.00. The average Bonchev–Trinajstić information content (AvgIpc) is 2.56. The molecule has 1 spiro atoms. The Morgan fingerprint density at radius 2 is 2.23 bits per heavy atom. The van der Waals surface area contributed by atoms with Crippen LogP contribution in [0.4, 0.5) is 0 Å². The first-order valence-corrected chi connectivity index (χ1v) is 5.28. The Morgan fingerprint density at radius 1 is 1.38 bits per heavy atom. The summed E-state index contributed by atoms with van der Waals surface area (Å²) in [6.07, 6.45) is 1.28. The van der Waals surface area contributed by atoms with E-state index in [1.807, 2.05) is 0 Å². The number of morpholine rings is 1. The highest BCUT2D eigenvalue weighted by molar-refractivity contribution is 4.99. The van der Waals surface area contributed by atoms with E-state index < -0.39 is 0 Å². The number of ether oxygens (including phenoxy) is 1. The number of likely N-dealkylation sites (tertiary alicyclic amines) is 1. The molecule has 2 heterocycles. The maximum atomic E-state index is 5.60. The van der Waals surface area contributed by atoms with Crippen molar-refractivity contribution in [1.82, 2.24) is 9.80 Å². The van der Waals surface area contributed by atoms with Crippen LogP contribution in [-0.4, -0.2) is 61.8 Å². The number of nitrogens with zero attached hydrogens (tertiary/aromatic N) is 2. The second-order valence-corrected chi connectivity index (χ2v) is 4.32. The Bertz CT molecular complexity index is 186. The van der Waals surface area contributed by atoms with Crippen LogP contribution in [0.3, 0.4) is 0 Å². The van der Waals surface area contributed by atoms with Gasteiger partial charge in [-0.15, -0.1) is 0 Å². The first-order chi connectivity index (χ1) is 6.27. The fourth-order valence-corrected chi connectivity index (χ4v) is 2.45. The van der Waals surface area contributed by atoms with Gasteiger partial charge in [-0.25, -0.2) is 0 Å². The smallest absolute Gasteiger partial charge is 0.0664 e. The fourth-order valence-electron chi connectivity index (χ4n) is 2.45. The van der Waals surface area contributed by atoms with Crippen LogP contribution in [0.25, 0.3) is 0 Å². The quantitative estimate of drug-likeness (QED) is 0.587. The first-order valence-electron chi connectivity index (χ1n) is 5.28. The Hall–Kier alpha value is -0.120. The van der Waals surface area contributed by atoms with Gasteiger partial charge < -0.3 is 9.64 Å². The van der Waals surface area contributed by atoms with E-state index in [0.29, 0.717) is 5.54 Å². The summed E-state index contributed by atoms with van der Waals surface area (Å²) in [4.78, 5) is 5.01. The molecule has 2 fully saturated rings. The van der Waals surface area contributed by atoms with Crippen LogP contribution < -0.4 is 0 Å². The van der Waals surface area contributed by atoms with Crippen molar-refractivity contribution in [3.8, 4) is 0 Å². The van der Waals surface area contributed by atoms with Crippen molar-refractivity contribution >= 4 is 0 Å². The summed E-state index contributed by atoms with van der Waals surface area (Å²) < 4.78 is 5.60. The number of likely N-dealkylation sites (N-methyl/N-ethyl adjacent to an activating group) is 2. The predicted molar refractivity (Wildman–Crippen MR) is 52.9 cm³/mol. The molecule has 2 rings (SSSR count). The maximum Gasteiger partial charge on any atom is 0.0664 e. The Balaban J connectivity index is 2.03. The number of hydrogen-bond donors (Lipinski definition) is 0. The largest absolute Gasteiger partial charge is 0.378 e. The molecule has 0 aromatic heterocycles. The number of rotatable bonds is 1. The summed E-state index contributed by atoms with van der Waals surface area (Å²) in [5, 5.41) is 0. The van der Waals surface area contributed by atoms with Gasteiger partial charge in [0.2, 0.25) is 0 Å². The van der Waals surface area contributed by atoms with Crippen molar-refractivity contribution in [1.29, 1.82) is 0 Å². The molecule has 2 saturated heterocycles. The van der Waals surface area contributed by atoms with Crippen molar-refractivity contribution in [2.75, 3.05) is 46.4 Å². The Kier molecular flexibility index (Phi) is 2.58. The molecule has 1 unspecified atom stereocenters. The maximum absolute atomic E-state index is 5.60. The summed E-state index contributed by atoms with van der Waals surface area (Å²) in [6.45, 7) is 8.78. The van der Waals surface area contributed by atoms with Crippen LogP contribution in [0.15, 0.2) is 0 Å². The van der Waals surface area contributed by atoms with Crippen molar-refractivity contribution in [3.05, 3.63) is 0 Å².